The summed E-state index contributed by atoms with van der Waals surface area (Å²) in [5.41, 5.74) is 0.190. The lowest BCUT2D eigenvalue weighted by atomic mass is 10.1. The van der Waals surface area contributed by atoms with Crippen LogP contribution >= 0.6 is 0 Å². The fraction of sp³-hybridized carbons (Fsp3) is 0.429. The van der Waals surface area contributed by atoms with Crippen LogP contribution in [0.3, 0.4) is 0 Å². The molecule has 1 N–H and O–H groups in total. The molecule has 0 radical (unpaired) electrons. The highest BCUT2D eigenvalue weighted by atomic mass is 19.4. The predicted octanol–water partition coefficient (Wildman–Crippen LogP) is 2.62. The Balaban J connectivity index is 1.88. The van der Waals surface area contributed by atoms with Gasteiger partial charge in [-0.2, -0.15) is 13.2 Å². The Morgan fingerprint density at radius 1 is 1.11 bits per heavy atom. The average molecular weight is 270 g/mol. The maximum atomic E-state index is 12.4. The number of benzene rings is 1. The highest BCUT2D eigenvalue weighted by molar-refractivity contribution is 5.50. The smallest absolute Gasteiger partial charge is 0.314 e. The Morgan fingerprint density at radius 3 is 2.32 bits per heavy atom. The van der Waals surface area contributed by atoms with Gasteiger partial charge in [-0.15, -0.1) is 0 Å². The topological polar surface area (TPSA) is 15.3 Å². The van der Waals surface area contributed by atoms with Gasteiger partial charge in [-0.1, -0.05) is 24.3 Å². The molecule has 19 heavy (non-hydrogen) atoms. The van der Waals surface area contributed by atoms with Crippen molar-refractivity contribution in [1.29, 1.82) is 0 Å². The van der Waals surface area contributed by atoms with Crippen molar-refractivity contribution in [1.82, 2.24) is 10.2 Å². The third-order valence-corrected chi connectivity index (χ3v) is 3.12. The molecule has 2 rings (SSSR count). The van der Waals surface area contributed by atoms with E-state index in [1.807, 2.05) is 12.2 Å². The van der Waals surface area contributed by atoms with Gasteiger partial charge in [0.1, 0.15) is 0 Å². The predicted molar refractivity (Wildman–Crippen MR) is 69.8 cm³/mol. The number of hydrogen-bond acceptors (Lipinski definition) is 2. The van der Waals surface area contributed by atoms with Crippen LogP contribution in [0.25, 0.3) is 6.08 Å². The fourth-order valence-electron chi connectivity index (χ4n) is 2.01. The van der Waals surface area contributed by atoms with Crippen LogP contribution in [0.5, 0.6) is 0 Å². The summed E-state index contributed by atoms with van der Waals surface area (Å²) < 4.78 is 37.2. The molecule has 0 spiro atoms. The Morgan fingerprint density at radius 2 is 1.74 bits per heavy atom. The Hall–Kier alpha value is -1.33. The van der Waals surface area contributed by atoms with Crippen molar-refractivity contribution < 1.29 is 13.2 Å². The van der Waals surface area contributed by atoms with Gasteiger partial charge in [0.15, 0.2) is 0 Å². The number of nitrogens with one attached hydrogen (secondary N) is 1. The van der Waals surface area contributed by atoms with Crippen molar-refractivity contribution >= 4 is 6.08 Å². The van der Waals surface area contributed by atoms with Crippen molar-refractivity contribution in [3.05, 3.63) is 41.5 Å². The first-order valence-electron chi connectivity index (χ1n) is 6.32. The fourth-order valence-corrected chi connectivity index (χ4v) is 2.01. The molecule has 1 aliphatic rings. The molecule has 104 valence electrons. The molecular weight excluding hydrogens is 253 g/mol. The van der Waals surface area contributed by atoms with Crippen LogP contribution in [0.4, 0.5) is 13.2 Å². The molecular formula is C14H17F3N2. The number of piperazine rings is 1. The van der Waals surface area contributed by atoms with E-state index >= 15 is 0 Å². The molecule has 1 aromatic carbocycles. The molecule has 0 aromatic heterocycles. The van der Waals surface area contributed by atoms with Crippen LogP contribution < -0.4 is 5.32 Å². The first kappa shape index (κ1) is 14.1. The second-order valence-electron chi connectivity index (χ2n) is 4.57. The van der Waals surface area contributed by atoms with E-state index < -0.39 is 11.7 Å². The lowest BCUT2D eigenvalue weighted by Gasteiger charge is -2.25. The summed E-state index contributed by atoms with van der Waals surface area (Å²) in [7, 11) is 0. The molecule has 0 unspecified atom stereocenters. The average Bonchev–Trinajstić information content (AvgIpc) is 2.39. The summed E-state index contributed by atoms with van der Waals surface area (Å²) in [6.07, 6.45) is -0.404. The van der Waals surface area contributed by atoms with Gasteiger partial charge in [0, 0.05) is 32.7 Å². The normalized spacial score (nSPS) is 18.1. The quantitative estimate of drug-likeness (QED) is 0.908. The maximum Gasteiger partial charge on any atom is 0.416 e. The summed E-state index contributed by atoms with van der Waals surface area (Å²) >= 11 is 0. The molecule has 0 amide bonds. The maximum absolute atomic E-state index is 12.4. The van der Waals surface area contributed by atoms with Crippen LogP contribution in [0, 0.1) is 0 Å². The van der Waals surface area contributed by atoms with E-state index in [4.69, 9.17) is 0 Å². The van der Waals surface area contributed by atoms with Crippen molar-refractivity contribution in [2.75, 3.05) is 32.7 Å². The van der Waals surface area contributed by atoms with E-state index in [0.29, 0.717) is 0 Å². The van der Waals surface area contributed by atoms with Crippen molar-refractivity contribution in [2.45, 2.75) is 6.18 Å². The number of halogens is 3. The zero-order valence-electron chi connectivity index (χ0n) is 10.6. The molecule has 0 aliphatic carbocycles. The van der Waals surface area contributed by atoms with Crippen LogP contribution in [-0.2, 0) is 6.18 Å². The standard InChI is InChI=1S/C14H17F3N2/c15-14(16,17)13-5-3-12(4-6-13)2-1-9-19-10-7-18-8-11-19/h1-6,18H,7-11H2. The van der Waals surface area contributed by atoms with Crippen LogP contribution in [0.2, 0.25) is 0 Å². The summed E-state index contributed by atoms with van der Waals surface area (Å²) in [4.78, 5) is 2.30. The van der Waals surface area contributed by atoms with E-state index in [0.717, 1.165) is 50.4 Å². The lowest BCUT2D eigenvalue weighted by molar-refractivity contribution is -0.137. The third-order valence-electron chi connectivity index (χ3n) is 3.12. The van der Waals surface area contributed by atoms with Gasteiger partial charge in [-0.05, 0) is 17.7 Å². The Labute approximate surface area is 110 Å². The van der Waals surface area contributed by atoms with E-state index in [1.165, 1.54) is 12.1 Å². The number of nitrogens with zero attached hydrogens (tertiary/aromatic N) is 1. The van der Waals surface area contributed by atoms with E-state index in [2.05, 4.69) is 10.2 Å². The van der Waals surface area contributed by atoms with E-state index in [-0.39, 0.29) is 0 Å². The summed E-state index contributed by atoms with van der Waals surface area (Å²) in [5, 5.41) is 3.27. The Kier molecular flexibility index (Phi) is 4.61. The molecule has 1 aliphatic heterocycles. The van der Waals surface area contributed by atoms with Gasteiger partial charge in [-0.25, -0.2) is 0 Å². The Bertz CT molecular complexity index is 417. The zero-order chi connectivity index (χ0) is 13.7. The highest BCUT2D eigenvalue weighted by Gasteiger charge is 2.29. The minimum Gasteiger partial charge on any atom is -0.314 e. The molecule has 5 heteroatoms. The van der Waals surface area contributed by atoms with Crippen molar-refractivity contribution in [3.8, 4) is 0 Å². The van der Waals surface area contributed by atoms with Gasteiger partial charge >= 0.3 is 6.18 Å². The van der Waals surface area contributed by atoms with E-state index in [9.17, 15) is 13.2 Å². The van der Waals surface area contributed by atoms with Gasteiger partial charge in [-0.3, -0.25) is 4.90 Å². The molecule has 0 atom stereocenters. The summed E-state index contributed by atoms with van der Waals surface area (Å²) in [6.45, 7) is 4.85. The monoisotopic (exact) mass is 270 g/mol. The van der Waals surface area contributed by atoms with Gasteiger partial charge in [0.2, 0.25) is 0 Å². The summed E-state index contributed by atoms with van der Waals surface area (Å²) in [6, 6.07) is 5.23. The van der Waals surface area contributed by atoms with Gasteiger partial charge in [0.05, 0.1) is 5.56 Å². The second-order valence-corrected chi connectivity index (χ2v) is 4.57. The van der Waals surface area contributed by atoms with Crippen LogP contribution in [-0.4, -0.2) is 37.6 Å². The SMILES string of the molecule is FC(F)(F)c1ccc(C=CCN2CCNCC2)cc1. The molecule has 0 saturated carbocycles. The largest absolute Gasteiger partial charge is 0.416 e. The van der Waals surface area contributed by atoms with Crippen molar-refractivity contribution in [3.63, 3.8) is 0 Å². The van der Waals surface area contributed by atoms with Gasteiger partial charge < -0.3 is 5.32 Å². The third kappa shape index (κ3) is 4.36. The second kappa shape index (κ2) is 6.21. The number of alkyl halides is 3. The van der Waals surface area contributed by atoms with Gasteiger partial charge in [0.25, 0.3) is 0 Å². The lowest BCUT2D eigenvalue weighted by Crippen LogP contribution is -2.43. The molecule has 0 bridgehead atoms. The highest BCUT2D eigenvalue weighted by Crippen LogP contribution is 2.29. The molecule has 1 fully saturated rings. The molecule has 1 heterocycles. The first-order chi connectivity index (χ1) is 9.05. The zero-order valence-corrected chi connectivity index (χ0v) is 10.6. The van der Waals surface area contributed by atoms with Crippen LogP contribution in [0.1, 0.15) is 11.1 Å². The number of rotatable bonds is 3. The first-order valence-corrected chi connectivity index (χ1v) is 6.32. The summed E-state index contributed by atoms with van der Waals surface area (Å²) in [5.74, 6) is 0. The molecule has 1 saturated heterocycles. The number of hydrogen-bond donors (Lipinski definition) is 1. The molecule has 2 nitrogen and oxygen atoms in total. The van der Waals surface area contributed by atoms with Crippen molar-refractivity contribution in [2.24, 2.45) is 0 Å². The van der Waals surface area contributed by atoms with Crippen LogP contribution in [0.15, 0.2) is 30.3 Å². The minimum absolute atomic E-state index is 0.605. The molecule has 1 aromatic rings. The van der Waals surface area contributed by atoms with E-state index in [1.54, 1.807) is 0 Å². The minimum atomic E-state index is -4.26.